The third kappa shape index (κ3) is 3.63. The highest BCUT2D eigenvalue weighted by Gasteiger charge is 2.32. The van der Waals surface area contributed by atoms with Crippen LogP contribution in [-0.2, 0) is 6.54 Å². The Bertz CT molecular complexity index is 718. The molecule has 0 unspecified atom stereocenters. The third-order valence-corrected chi connectivity index (χ3v) is 4.44. The summed E-state index contributed by atoms with van der Waals surface area (Å²) in [5.41, 5.74) is 2.55. The number of carbonyl (C=O) groups excluding carboxylic acids is 1. The van der Waals surface area contributed by atoms with E-state index in [1.54, 1.807) is 25.2 Å². The SMILES string of the molecule is CNC(=O)c1ccc(CN2C[C@H](O)C[C@@H]2c2cccc(F)c2)cc1. The van der Waals surface area contributed by atoms with Crippen molar-refractivity contribution in [2.45, 2.75) is 25.1 Å². The Kier molecular flexibility index (Phi) is 4.92. The summed E-state index contributed by atoms with van der Waals surface area (Å²) in [4.78, 5) is 13.7. The number of nitrogens with one attached hydrogen (secondary N) is 1. The summed E-state index contributed by atoms with van der Waals surface area (Å²) in [5, 5.41) is 12.6. The lowest BCUT2D eigenvalue weighted by molar-refractivity contribution is 0.0963. The molecule has 1 amide bonds. The third-order valence-electron chi connectivity index (χ3n) is 4.44. The number of halogens is 1. The van der Waals surface area contributed by atoms with Crippen LogP contribution in [-0.4, -0.2) is 35.6 Å². The maximum Gasteiger partial charge on any atom is 0.251 e. The van der Waals surface area contributed by atoms with E-state index in [0.29, 0.717) is 25.1 Å². The molecule has 1 heterocycles. The summed E-state index contributed by atoms with van der Waals surface area (Å²) in [7, 11) is 1.60. The van der Waals surface area contributed by atoms with Gasteiger partial charge in [0.25, 0.3) is 5.91 Å². The molecule has 2 atom stereocenters. The zero-order chi connectivity index (χ0) is 17.1. The van der Waals surface area contributed by atoms with Crippen molar-refractivity contribution in [3.8, 4) is 0 Å². The summed E-state index contributed by atoms with van der Waals surface area (Å²) >= 11 is 0. The fraction of sp³-hybridized carbons (Fsp3) is 0.316. The van der Waals surface area contributed by atoms with Gasteiger partial charge in [-0.05, 0) is 41.8 Å². The van der Waals surface area contributed by atoms with Gasteiger partial charge < -0.3 is 10.4 Å². The van der Waals surface area contributed by atoms with Gasteiger partial charge >= 0.3 is 0 Å². The van der Waals surface area contributed by atoms with E-state index in [9.17, 15) is 14.3 Å². The van der Waals surface area contributed by atoms with Crippen LogP contribution in [0.2, 0.25) is 0 Å². The van der Waals surface area contributed by atoms with Crippen molar-refractivity contribution >= 4 is 5.91 Å². The second kappa shape index (κ2) is 7.11. The number of benzene rings is 2. The first-order valence-electron chi connectivity index (χ1n) is 8.05. The minimum Gasteiger partial charge on any atom is -0.392 e. The number of hydrogen-bond acceptors (Lipinski definition) is 3. The van der Waals surface area contributed by atoms with E-state index in [1.165, 1.54) is 12.1 Å². The van der Waals surface area contributed by atoms with Crippen molar-refractivity contribution in [3.05, 3.63) is 71.0 Å². The van der Waals surface area contributed by atoms with Crippen molar-refractivity contribution in [2.75, 3.05) is 13.6 Å². The van der Waals surface area contributed by atoms with Crippen LogP contribution < -0.4 is 5.32 Å². The molecule has 0 aromatic heterocycles. The summed E-state index contributed by atoms with van der Waals surface area (Å²) in [6, 6.07) is 14.0. The first-order valence-corrected chi connectivity index (χ1v) is 8.05. The molecule has 126 valence electrons. The molecule has 1 saturated heterocycles. The zero-order valence-corrected chi connectivity index (χ0v) is 13.6. The molecule has 0 radical (unpaired) electrons. The van der Waals surface area contributed by atoms with Crippen LogP contribution in [0, 0.1) is 5.82 Å². The molecule has 3 rings (SSSR count). The normalized spacial score (nSPS) is 21.0. The molecule has 0 saturated carbocycles. The van der Waals surface area contributed by atoms with E-state index in [-0.39, 0.29) is 17.8 Å². The predicted molar refractivity (Wildman–Crippen MR) is 90.0 cm³/mol. The summed E-state index contributed by atoms with van der Waals surface area (Å²) in [6.45, 7) is 1.20. The quantitative estimate of drug-likeness (QED) is 0.907. The average molecular weight is 328 g/mol. The Morgan fingerprint density at radius 1 is 1.29 bits per heavy atom. The molecule has 4 nitrogen and oxygen atoms in total. The molecule has 5 heteroatoms. The van der Waals surface area contributed by atoms with Gasteiger partial charge in [0.2, 0.25) is 0 Å². The van der Waals surface area contributed by atoms with Gasteiger partial charge in [-0.25, -0.2) is 4.39 Å². The highest BCUT2D eigenvalue weighted by atomic mass is 19.1. The Morgan fingerprint density at radius 3 is 2.71 bits per heavy atom. The first-order chi connectivity index (χ1) is 11.6. The average Bonchev–Trinajstić information content (AvgIpc) is 2.95. The largest absolute Gasteiger partial charge is 0.392 e. The van der Waals surface area contributed by atoms with E-state index in [4.69, 9.17) is 0 Å². The Morgan fingerprint density at radius 2 is 2.04 bits per heavy atom. The Labute approximate surface area is 140 Å². The number of nitrogens with zero attached hydrogens (tertiary/aromatic N) is 1. The Hall–Kier alpha value is -2.24. The number of rotatable bonds is 4. The van der Waals surface area contributed by atoms with E-state index in [1.807, 2.05) is 18.2 Å². The Balaban J connectivity index is 1.76. The molecular formula is C19H21FN2O2. The fourth-order valence-corrected chi connectivity index (χ4v) is 3.26. The van der Waals surface area contributed by atoms with Crippen LogP contribution in [0.4, 0.5) is 4.39 Å². The number of β-amino-alcohol motifs (C(OH)–C–C–N with tert-alkyl or cyclic N) is 1. The standard InChI is InChI=1S/C19H21FN2O2/c1-21-19(24)14-7-5-13(6-8-14)11-22-12-17(23)10-18(22)15-3-2-4-16(20)9-15/h2-9,17-18,23H,10-12H2,1H3,(H,21,24)/t17-,18-/m1/s1. The van der Waals surface area contributed by atoms with Crippen molar-refractivity contribution in [3.63, 3.8) is 0 Å². The van der Waals surface area contributed by atoms with E-state index in [0.717, 1.165) is 11.1 Å². The van der Waals surface area contributed by atoms with E-state index in [2.05, 4.69) is 10.2 Å². The van der Waals surface area contributed by atoms with Crippen molar-refractivity contribution in [1.29, 1.82) is 0 Å². The van der Waals surface area contributed by atoms with Crippen LogP contribution in [0.25, 0.3) is 0 Å². The predicted octanol–water partition coefficient (Wildman–Crippen LogP) is 2.49. The smallest absolute Gasteiger partial charge is 0.251 e. The number of amides is 1. The molecule has 1 fully saturated rings. The number of carbonyl (C=O) groups is 1. The number of likely N-dealkylation sites (tertiary alicyclic amines) is 1. The summed E-state index contributed by atoms with van der Waals surface area (Å²) in [5.74, 6) is -0.375. The van der Waals surface area contributed by atoms with Gasteiger partial charge in [0, 0.05) is 31.7 Å². The molecular weight excluding hydrogens is 307 g/mol. The molecule has 0 bridgehead atoms. The van der Waals surface area contributed by atoms with Crippen LogP contribution in [0.1, 0.15) is 33.9 Å². The van der Waals surface area contributed by atoms with Crippen molar-refractivity contribution in [1.82, 2.24) is 10.2 Å². The van der Waals surface area contributed by atoms with Crippen LogP contribution in [0.15, 0.2) is 48.5 Å². The number of aliphatic hydroxyl groups excluding tert-OH is 1. The summed E-state index contributed by atoms with van der Waals surface area (Å²) in [6.07, 6.45) is 0.183. The minimum atomic E-state index is -0.414. The maximum atomic E-state index is 13.5. The maximum absolute atomic E-state index is 13.5. The lowest BCUT2D eigenvalue weighted by atomic mass is 10.0. The minimum absolute atomic E-state index is 0.00526. The zero-order valence-electron chi connectivity index (χ0n) is 13.6. The van der Waals surface area contributed by atoms with Crippen molar-refractivity contribution < 1.29 is 14.3 Å². The second-order valence-electron chi connectivity index (χ2n) is 6.17. The lowest BCUT2D eigenvalue weighted by Crippen LogP contribution is -2.24. The monoisotopic (exact) mass is 328 g/mol. The fourth-order valence-electron chi connectivity index (χ4n) is 3.26. The van der Waals surface area contributed by atoms with Crippen LogP contribution in [0.5, 0.6) is 0 Å². The summed E-state index contributed by atoms with van der Waals surface area (Å²) < 4.78 is 13.5. The highest BCUT2D eigenvalue weighted by Crippen LogP contribution is 2.33. The molecule has 24 heavy (non-hydrogen) atoms. The van der Waals surface area contributed by atoms with Gasteiger partial charge in [-0.3, -0.25) is 9.69 Å². The van der Waals surface area contributed by atoms with Crippen LogP contribution >= 0.6 is 0 Å². The molecule has 0 aliphatic carbocycles. The van der Waals surface area contributed by atoms with Crippen molar-refractivity contribution in [2.24, 2.45) is 0 Å². The van der Waals surface area contributed by atoms with Gasteiger partial charge in [0.1, 0.15) is 5.82 Å². The molecule has 2 aromatic rings. The number of hydrogen-bond donors (Lipinski definition) is 2. The van der Waals surface area contributed by atoms with Gasteiger partial charge in [-0.1, -0.05) is 24.3 Å². The van der Waals surface area contributed by atoms with Crippen LogP contribution in [0.3, 0.4) is 0 Å². The van der Waals surface area contributed by atoms with E-state index >= 15 is 0 Å². The second-order valence-corrected chi connectivity index (χ2v) is 6.17. The highest BCUT2D eigenvalue weighted by molar-refractivity contribution is 5.93. The molecule has 1 aliphatic heterocycles. The number of aliphatic hydroxyl groups is 1. The van der Waals surface area contributed by atoms with Gasteiger partial charge in [-0.15, -0.1) is 0 Å². The lowest BCUT2D eigenvalue weighted by Gasteiger charge is -2.24. The molecule has 2 N–H and O–H groups in total. The molecule has 0 spiro atoms. The van der Waals surface area contributed by atoms with Gasteiger partial charge in [0.05, 0.1) is 6.10 Å². The first kappa shape index (κ1) is 16.6. The topological polar surface area (TPSA) is 52.6 Å². The van der Waals surface area contributed by atoms with Gasteiger partial charge in [0.15, 0.2) is 0 Å². The molecule has 1 aliphatic rings. The molecule has 2 aromatic carbocycles. The van der Waals surface area contributed by atoms with Gasteiger partial charge in [-0.2, -0.15) is 0 Å². The van der Waals surface area contributed by atoms with E-state index < -0.39 is 6.10 Å².